The number of oxime groups is 2. The number of aryl methyl sites for hydroxylation is 1. The molecule has 0 spiro atoms. The number of hydrogen-bond acceptors (Lipinski definition) is 10. The Bertz CT molecular complexity index is 1650. The van der Waals surface area contributed by atoms with Crippen LogP contribution in [0.3, 0.4) is 0 Å². The van der Waals surface area contributed by atoms with Crippen molar-refractivity contribution in [3.05, 3.63) is 119 Å². The van der Waals surface area contributed by atoms with Crippen LogP contribution in [0.2, 0.25) is 0 Å². The molecule has 4 aromatic carbocycles. The first-order valence-corrected chi connectivity index (χ1v) is 14.6. The maximum atomic E-state index is 11.9. The summed E-state index contributed by atoms with van der Waals surface area (Å²) < 4.78 is 21.3. The molecule has 0 saturated carbocycles. The maximum Gasteiger partial charge on any atom is 0.360 e. The van der Waals surface area contributed by atoms with Crippen molar-refractivity contribution in [2.24, 2.45) is 10.3 Å². The van der Waals surface area contributed by atoms with Gasteiger partial charge < -0.3 is 28.6 Å². The van der Waals surface area contributed by atoms with E-state index >= 15 is 0 Å². The molecule has 0 amide bonds. The molecule has 0 aliphatic carbocycles. The van der Waals surface area contributed by atoms with Crippen molar-refractivity contribution in [2.75, 3.05) is 28.4 Å². The highest BCUT2D eigenvalue weighted by molar-refractivity contribution is 9.08. The molecule has 11 heteroatoms. The number of benzene rings is 4. The summed E-state index contributed by atoms with van der Waals surface area (Å²) >= 11 is 3.41. The van der Waals surface area contributed by atoms with Crippen LogP contribution in [-0.4, -0.2) is 51.8 Å². The predicted octanol–water partition coefficient (Wildman–Crippen LogP) is 7.21. The fraction of sp³-hybridized carbons (Fsp3) is 0.176. The molecular formula is C34H33BrN2O8. The molecule has 4 aromatic rings. The Morgan fingerprint density at radius 3 is 1.53 bits per heavy atom. The quantitative estimate of drug-likeness (QED) is 0.0709. The lowest BCUT2D eigenvalue weighted by Crippen LogP contribution is -2.18. The van der Waals surface area contributed by atoms with Gasteiger partial charge in [0.25, 0.3) is 0 Å². The van der Waals surface area contributed by atoms with Gasteiger partial charge in [0, 0.05) is 5.33 Å². The number of alkyl halides is 1. The first kappa shape index (κ1) is 34.3. The van der Waals surface area contributed by atoms with Crippen molar-refractivity contribution in [1.82, 2.24) is 0 Å². The second-order valence-electron chi connectivity index (χ2n) is 9.02. The normalized spacial score (nSPS) is 11.0. The van der Waals surface area contributed by atoms with Gasteiger partial charge in [-0.15, -0.1) is 0 Å². The third-order valence-electron chi connectivity index (χ3n) is 5.90. The van der Waals surface area contributed by atoms with Crippen LogP contribution in [0, 0.1) is 6.92 Å². The number of ether oxygens (including phenoxy) is 4. The van der Waals surface area contributed by atoms with Crippen molar-refractivity contribution >= 4 is 39.3 Å². The molecular weight excluding hydrogens is 644 g/mol. The molecule has 0 heterocycles. The summed E-state index contributed by atoms with van der Waals surface area (Å²) in [5.74, 6) is 1.12. The van der Waals surface area contributed by atoms with E-state index in [9.17, 15) is 9.59 Å². The van der Waals surface area contributed by atoms with Gasteiger partial charge in [0.15, 0.2) is 11.4 Å². The van der Waals surface area contributed by atoms with E-state index in [4.69, 9.17) is 28.6 Å². The highest BCUT2D eigenvalue weighted by atomic mass is 79.9. The van der Waals surface area contributed by atoms with Gasteiger partial charge in [0.1, 0.15) is 37.2 Å². The first-order chi connectivity index (χ1) is 21.8. The number of carbonyl (C=O) groups is 2. The molecule has 0 aliphatic rings. The number of hydrogen-bond donors (Lipinski definition) is 0. The van der Waals surface area contributed by atoms with Gasteiger partial charge in [-0.2, -0.15) is 0 Å². The molecule has 234 valence electrons. The number of para-hydroxylation sites is 2. The van der Waals surface area contributed by atoms with Crippen molar-refractivity contribution in [3.8, 4) is 23.0 Å². The summed E-state index contributed by atoms with van der Waals surface area (Å²) in [6.45, 7) is 1.98. The third kappa shape index (κ3) is 9.94. The summed E-state index contributed by atoms with van der Waals surface area (Å²) in [7, 11) is 5.31. The lowest BCUT2D eigenvalue weighted by molar-refractivity contribution is -0.133. The largest absolute Gasteiger partial charge is 0.464 e. The van der Waals surface area contributed by atoms with Gasteiger partial charge in [-0.3, -0.25) is 0 Å². The van der Waals surface area contributed by atoms with Gasteiger partial charge in [0.05, 0.1) is 25.3 Å². The molecule has 0 fully saturated rings. The topological polar surface area (TPSA) is 114 Å². The predicted molar refractivity (Wildman–Crippen MR) is 174 cm³/mol. The van der Waals surface area contributed by atoms with Gasteiger partial charge in [-0.05, 0) is 66.6 Å². The van der Waals surface area contributed by atoms with Crippen molar-refractivity contribution < 1.29 is 38.2 Å². The van der Waals surface area contributed by atoms with Crippen LogP contribution in [0.25, 0.3) is 0 Å². The minimum Gasteiger partial charge on any atom is -0.464 e. The second-order valence-corrected chi connectivity index (χ2v) is 9.58. The number of esters is 2. The molecule has 0 aromatic heterocycles. The Labute approximate surface area is 270 Å². The van der Waals surface area contributed by atoms with E-state index in [2.05, 4.69) is 26.2 Å². The number of carbonyl (C=O) groups excluding carboxylic acids is 2. The third-order valence-corrected chi connectivity index (χ3v) is 6.55. The molecule has 10 nitrogen and oxygen atoms in total. The van der Waals surface area contributed by atoms with Crippen LogP contribution in [0.15, 0.2) is 107 Å². The van der Waals surface area contributed by atoms with E-state index < -0.39 is 11.9 Å². The second kappa shape index (κ2) is 17.8. The molecule has 0 unspecified atom stereocenters. The SMILES string of the molecule is CO/N=C(/C(=O)OC)c1ccccc1Oc1cccc(C)c1.CO/N=C(/C(=O)OC)c1ccccc1Oc1cccc(CBr)c1. The Balaban J connectivity index is 0.000000246. The molecule has 0 radical (unpaired) electrons. The zero-order valence-corrected chi connectivity index (χ0v) is 27.1. The van der Waals surface area contributed by atoms with E-state index in [1.54, 1.807) is 36.4 Å². The molecule has 0 bridgehead atoms. The Hall–Kier alpha value is -5.16. The number of methoxy groups -OCH3 is 2. The van der Waals surface area contributed by atoms with Crippen LogP contribution in [-0.2, 0) is 34.1 Å². The van der Waals surface area contributed by atoms with E-state index in [1.807, 2.05) is 67.6 Å². The number of nitrogens with zero attached hydrogens (tertiary/aromatic N) is 2. The average Bonchev–Trinajstić information content (AvgIpc) is 3.06. The maximum absolute atomic E-state index is 11.9. The van der Waals surface area contributed by atoms with Gasteiger partial charge in [-0.1, -0.05) is 74.8 Å². The Kier molecular flexibility index (Phi) is 13.6. The molecule has 0 N–H and O–H groups in total. The molecule has 45 heavy (non-hydrogen) atoms. The van der Waals surface area contributed by atoms with Crippen LogP contribution in [0.4, 0.5) is 0 Å². The minimum absolute atomic E-state index is 0.0437. The Morgan fingerprint density at radius 2 is 1.09 bits per heavy atom. The van der Waals surface area contributed by atoms with Crippen molar-refractivity contribution in [2.45, 2.75) is 12.3 Å². The summed E-state index contributed by atoms with van der Waals surface area (Å²) in [5.41, 5.74) is 3.24. The lowest BCUT2D eigenvalue weighted by Gasteiger charge is -2.12. The first-order valence-electron chi connectivity index (χ1n) is 13.5. The summed E-state index contributed by atoms with van der Waals surface area (Å²) in [4.78, 5) is 33.3. The molecule has 0 aliphatic heterocycles. The minimum atomic E-state index is -0.600. The van der Waals surface area contributed by atoms with Crippen molar-refractivity contribution in [1.29, 1.82) is 0 Å². The van der Waals surface area contributed by atoms with Crippen LogP contribution < -0.4 is 9.47 Å². The molecule has 4 rings (SSSR count). The number of halogens is 1. The summed E-state index contributed by atoms with van der Waals surface area (Å²) in [6, 6.07) is 29.4. The van der Waals surface area contributed by atoms with E-state index in [1.165, 1.54) is 28.4 Å². The Morgan fingerprint density at radius 1 is 0.622 bits per heavy atom. The van der Waals surface area contributed by atoms with E-state index in [0.29, 0.717) is 34.1 Å². The van der Waals surface area contributed by atoms with Gasteiger partial charge >= 0.3 is 11.9 Å². The van der Waals surface area contributed by atoms with Gasteiger partial charge in [-0.25, -0.2) is 9.59 Å². The summed E-state index contributed by atoms with van der Waals surface area (Å²) in [5, 5.41) is 8.23. The lowest BCUT2D eigenvalue weighted by atomic mass is 10.1. The fourth-order valence-electron chi connectivity index (χ4n) is 3.90. The van der Waals surface area contributed by atoms with E-state index in [0.717, 1.165) is 16.5 Å². The zero-order chi connectivity index (χ0) is 32.6. The number of rotatable bonds is 11. The van der Waals surface area contributed by atoms with Crippen LogP contribution in [0.5, 0.6) is 23.0 Å². The molecule has 0 atom stereocenters. The van der Waals surface area contributed by atoms with Crippen molar-refractivity contribution in [3.63, 3.8) is 0 Å². The average molecular weight is 678 g/mol. The van der Waals surface area contributed by atoms with Crippen LogP contribution in [0.1, 0.15) is 22.3 Å². The standard InChI is InChI=1S/C17H16BrNO4.C17H17NO4/c1-21-17(20)16(19-22-2)14-8-3-4-9-15(14)23-13-7-5-6-12(10-13)11-18;1-12-7-6-8-13(11-12)22-15-10-5-4-9-14(15)16(18-21-3)17(19)20-2/h3-10H,11H2,1-2H3;4-11H,1-3H3/b19-16+;18-16+. The zero-order valence-electron chi connectivity index (χ0n) is 25.5. The highest BCUT2D eigenvalue weighted by Gasteiger charge is 2.21. The summed E-state index contributed by atoms with van der Waals surface area (Å²) in [6.07, 6.45) is 0. The van der Waals surface area contributed by atoms with Gasteiger partial charge in [0.2, 0.25) is 0 Å². The monoisotopic (exact) mass is 676 g/mol. The van der Waals surface area contributed by atoms with E-state index in [-0.39, 0.29) is 11.4 Å². The highest BCUT2D eigenvalue weighted by Crippen LogP contribution is 2.28. The molecule has 0 saturated heterocycles. The fourth-order valence-corrected chi connectivity index (χ4v) is 4.24. The van der Waals surface area contributed by atoms with Crippen LogP contribution >= 0.6 is 15.9 Å². The smallest absolute Gasteiger partial charge is 0.360 e.